The van der Waals surface area contributed by atoms with Crippen LogP contribution in [0.2, 0.25) is 0 Å². The number of aryl methyl sites for hydroxylation is 1. The van der Waals surface area contributed by atoms with E-state index in [0.717, 1.165) is 31.4 Å². The van der Waals surface area contributed by atoms with Crippen LogP contribution in [0.4, 0.5) is 17.7 Å². The van der Waals surface area contributed by atoms with Crippen LogP contribution in [-0.2, 0) is 71.2 Å². The van der Waals surface area contributed by atoms with Crippen LogP contribution in [0.1, 0.15) is 18.7 Å². The molecule has 9 heterocycles. The monoisotopic (exact) mass is 1190 g/mol. The molecule has 0 spiro atoms. The summed E-state index contributed by atoms with van der Waals surface area (Å²) >= 11 is -0.331. The van der Waals surface area contributed by atoms with E-state index < -0.39 is 134 Å². The van der Waals surface area contributed by atoms with Crippen molar-refractivity contribution in [2.45, 2.75) is 73.6 Å². The average Bonchev–Trinajstić information content (AvgIpc) is 4.21. The number of aromatic amines is 2. The summed E-state index contributed by atoms with van der Waals surface area (Å²) in [5, 5.41) is 35.6. The second-order valence-corrected chi connectivity index (χ2v) is 25.1. The molecule has 16 atom stereocenters. The molecule has 0 saturated carbocycles. The normalized spacial score (nSPS) is 30.0. The van der Waals surface area contributed by atoms with E-state index in [4.69, 9.17) is 48.7 Å². The van der Waals surface area contributed by atoms with Crippen molar-refractivity contribution in [3.8, 4) is 0 Å². The highest BCUT2D eigenvalue weighted by Gasteiger charge is 2.52. The molecule has 6 aromatic rings. The van der Waals surface area contributed by atoms with Crippen LogP contribution in [0.3, 0.4) is 0 Å². The van der Waals surface area contributed by atoms with Gasteiger partial charge in [-0.1, -0.05) is 16.4 Å². The lowest BCUT2D eigenvalue weighted by molar-refractivity contribution is -0.745. The van der Waals surface area contributed by atoms with E-state index >= 15 is 0 Å². The fraction of sp³-hybridized carbons (Fsp3) is 0.559. The fourth-order valence-electron chi connectivity index (χ4n) is 8.70. The Labute approximate surface area is 432 Å². The lowest BCUT2D eigenvalue weighted by Crippen LogP contribution is -2.46. The average molecular weight is 1190 g/mol. The first-order valence-electron chi connectivity index (χ1n) is 21.9. The fourth-order valence-corrected chi connectivity index (χ4v) is 15.4. The molecule has 3 aliphatic heterocycles. The van der Waals surface area contributed by atoms with Crippen molar-refractivity contribution in [3.05, 3.63) is 46.0 Å². The number of aliphatic hydroxyl groups is 3. The second-order valence-electron chi connectivity index (χ2n) is 16.8. The number of ether oxygens (including phenoxy) is 5. The maximum atomic E-state index is 13.6. The van der Waals surface area contributed by atoms with Gasteiger partial charge in [-0.15, -0.1) is 0 Å². The van der Waals surface area contributed by atoms with Gasteiger partial charge in [-0.05, 0) is 0 Å². The van der Waals surface area contributed by atoms with Gasteiger partial charge in [0.15, 0.2) is 48.2 Å². The molecule has 77 heavy (non-hydrogen) atoms. The van der Waals surface area contributed by atoms with E-state index in [2.05, 4.69) is 53.8 Å². The summed E-state index contributed by atoms with van der Waals surface area (Å²) in [5.41, 5.74) is 9.84. The number of H-pyrrole nitrogens is 2. The zero-order valence-electron chi connectivity index (χ0n) is 39.7. The number of nitrogen functional groups attached to an aromatic ring is 2. The van der Waals surface area contributed by atoms with Gasteiger partial charge in [0, 0.05) is 27.0 Å². The van der Waals surface area contributed by atoms with Crippen molar-refractivity contribution < 1.29 is 104 Å². The minimum atomic E-state index is -6.46. The largest absolute Gasteiger partial charge is 0.770 e. The number of hydrogen-bond donors (Lipinski definition) is 8. The van der Waals surface area contributed by atoms with Gasteiger partial charge in [0.2, 0.25) is 17.7 Å². The third-order valence-corrected chi connectivity index (χ3v) is 19.4. The Balaban J connectivity index is 0.872. The number of rotatable bonds is 21. The van der Waals surface area contributed by atoms with Gasteiger partial charge in [-0.25, -0.2) is 28.8 Å². The Hall–Kier alpha value is -4.76. The zero-order valence-corrected chi connectivity index (χ0v) is 44.1. The van der Waals surface area contributed by atoms with Gasteiger partial charge in [-0.3, -0.25) is 55.8 Å². The molecule has 38 nitrogen and oxygen atoms in total. The molecule has 9 rings (SSSR count). The first-order valence-corrected chi connectivity index (χ1v) is 29.4. The Kier molecular flexibility index (Phi) is 16.1. The number of anilines is 3. The van der Waals surface area contributed by atoms with E-state index in [1.165, 1.54) is 40.5 Å². The molecule has 0 radical (unpaired) electrons. The number of aliphatic hydroxyl groups excluding tert-OH is 3. The van der Waals surface area contributed by atoms with Crippen LogP contribution in [0.25, 0.3) is 33.5 Å². The van der Waals surface area contributed by atoms with Gasteiger partial charge < -0.3 is 88.9 Å². The van der Waals surface area contributed by atoms with Crippen molar-refractivity contribution in [1.29, 1.82) is 0 Å². The highest BCUT2D eigenvalue weighted by molar-refractivity contribution is 8.54. The molecule has 7 unspecified atom stereocenters. The van der Waals surface area contributed by atoms with Gasteiger partial charge in [0.1, 0.15) is 60.7 Å². The first kappa shape index (κ1) is 56.9. The van der Waals surface area contributed by atoms with E-state index in [1.54, 1.807) is 0 Å². The summed E-state index contributed by atoms with van der Waals surface area (Å²) in [4.78, 5) is 107. The summed E-state index contributed by atoms with van der Waals surface area (Å²) in [6.07, 6.45) is -14.5. The van der Waals surface area contributed by atoms with Gasteiger partial charge in [0.25, 0.3) is 40.5 Å². The minimum Gasteiger partial charge on any atom is -0.770 e. The molecule has 3 aliphatic rings. The van der Waals surface area contributed by atoms with Gasteiger partial charge in [-0.2, -0.15) is 4.98 Å². The molecule has 0 bridgehead atoms. The number of aromatic nitrogens is 12. The molecule has 43 heteroatoms. The topological polar surface area (TPSA) is 539 Å². The molecule has 0 aliphatic carbocycles. The Morgan fingerprint density at radius 2 is 1.39 bits per heavy atom. The number of hydrogen-bond acceptors (Lipinski definition) is 33. The lowest BCUT2D eigenvalue weighted by atomic mass is 10.1. The Morgan fingerprint density at radius 3 is 2.09 bits per heavy atom. The molecule has 0 aromatic carbocycles. The zero-order chi connectivity index (χ0) is 55.7. The summed E-state index contributed by atoms with van der Waals surface area (Å²) < 4.78 is 109. The summed E-state index contributed by atoms with van der Waals surface area (Å²) in [6.45, 7) is -8.01. The molecule has 6 aromatic heterocycles. The molecule has 422 valence electrons. The number of nitrogens with two attached hydrogens (primary N) is 2. The third kappa shape index (κ3) is 11.5. The van der Waals surface area contributed by atoms with Crippen molar-refractivity contribution >= 4 is 92.9 Å². The Bertz CT molecular complexity index is 3510. The summed E-state index contributed by atoms with van der Waals surface area (Å²) in [7, 11) is -13.0. The van der Waals surface area contributed by atoms with Crippen LogP contribution in [-0.4, -0.2) is 164 Å². The standard InChI is InChI=1S/C34H47N15O23P4S/c1-37-24-15-25(39-8-38-24)47(9-40-15)32-23(64-4)22(70-73(55,56)65-5-12-18(50)19(51)30(67-12)48-10-41-16-26(48)42-33(35)44-28(16)53)14(69-32)7-77-76(61,62)72-75(59,60)71-74(57,58)66-6-13-21(63-3)20(52)31(68-13)49-11-46(2)17-27(49)43-34(36)45-29(17)54/h8-14,18-23,30-32,50-52H,5-7H2,1-4H3,(H10-,35,36,37,38,39,42,43,44,45,53,54,55,56,57,58,59,60,61,62)/p-3/t12-,13-,14-,18?,19+,20+,21?,22+,23?,30-,31-,32-/m1/s1. The van der Waals surface area contributed by atoms with E-state index in [0.29, 0.717) is 0 Å². The van der Waals surface area contributed by atoms with Crippen molar-refractivity contribution in [2.24, 2.45) is 7.05 Å². The maximum absolute atomic E-state index is 13.6. The second kappa shape index (κ2) is 21.7. The SMILES string of the molecule is CNc1ncnc2c1ncn2[C@@H]1O[C@H](CSP(=O)([O-])OP(=O)([O-])OP(=O)([O-])OC[C@H]2O[C@@H]([n+]3cn(C)c4c(=O)[nH]c(N)nc43)[C@@H](O)C2OC)[C@H](OP(=O)([O-])OC[C@H]2O[C@@H](n3cnc4c(=O)[nH]c(N)nc43)[C@@H](O)C2O)C1OC. The van der Waals surface area contributed by atoms with Crippen LogP contribution in [0.15, 0.2) is 34.9 Å². The highest BCUT2D eigenvalue weighted by Crippen LogP contribution is 2.67. The molecule has 3 saturated heterocycles. The number of phosphoric acid groups is 3. The van der Waals surface area contributed by atoms with E-state index in [1.807, 2.05) is 0 Å². The number of fused-ring (bicyclic) bond motifs is 3. The quantitative estimate of drug-likeness (QED) is 0.0246. The highest BCUT2D eigenvalue weighted by atomic mass is 32.7. The Morgan fingerprint density at radius 1 is 0.753 bits per heavy atom. The summed E-state index contributed by atoms with van der Waals surface area (Å²) in [5.74, 6) is -1.32. The molecular weight excluding hydrogens is 1140 g/mol. The van der Waals surface area contributed by atoms with Crippen LogP contribution in [0, 0.1) is 0 Å². The predicted molar refractivity (Wildman–Crippen MR) is 247 cm³/mol. The predicted octanol–water partition coefficient (Wildman–Crippen LogP) is -5.41. The summed E-state index contributed by atoms with van der Waals surface area (Å²) in [6, 6.07) is 0. The van der Waals surface area contributed by atoms with E-state index in [-0.39, 0.29) is 62.6 Å². The van der Waals surface area contributed by atoms with Crippen LogP contribution < -0.4 is 52.0 Å². The molecule has 3 fully saturated rings. The van der Waals surface area contributed by atoms with Gasteiger partial charge in [0.05, 0.1) is 39.0 Å². The van der Waals surface area contributed by atoms with Gasteiger partial charge >= 0.3 is 5.65 Å². The molecule has 0 amide bonds. The van der Waals surface area contributed by atoms with E-state index in [9.17, 15) is 62.7 Å². The molecule has 10 N–H and O–H groups in total. The number of nitrogens with one attached hydrogen (secondary N) is 3. The molecular formula is C34H44N15O23P4S-3. The number of phosphoric ester groups is 2. The number of methoxy groups -OCH3 is 2. The van der Waals surface area contributed by atoms with Crippen molar-refractivity contribution in [1.82, 2.24) is 53.6 Å². The lowest BCUT2D eigenvalue weighted by Gasteiger charge is -2.35. The third-order valence-electron chi connectivity index (χ3n) is 12.0. The number of imidazole rings is 3. The maximum Gasteiger partial charge on any atom is 0.313 e. The van der Waals surface area contributed by atoms with Crippen LogP contribution >= 0.6 is 41.6 Å². The first-order chi connectivity index (χ1) is 36.2. The van der Waals surface area contributed by atoms with Crippen molar-refractivity contribution in [2.75, 3.05) is 57.0 Å². The van der Waals surface area contributed by atoms with Crippen LogP contribution in [0.5, 0.6) is 0 Å². The number of nitrogens with zero attached hydrogens (tertiary/aromatic N) is 10. The van der Waals surface area contributed by atoms with Crippen molar-refractivity contribution in [3.63, 3.8) is 0 Å². The smallest absolute Gasteiger partial charge is 0.313 e. The minimum absolute atomic E-state index is 0.00788.